The van der Waals surface area contributed by atoms with Gasteiger partial charge in [-0.3, -0.25) is 4.79 Å². The molecular weight excluding hydrogens is 470 g/mol. The first-order chi connectivity index (χ1) is 17.0. The lowest BCUT2D eigenvalue weighted by molar-refractivity contribution is -0.116. The molecular formula is C25H29N3O6S. The van der Waals surface area contributed by atoms with Crippen molar-refractivity contribution in [2.45, 2.75) is 18.4 Å². The number of sulfonamides is 1. The number of carbonyl (C=O) groups excluding carboxylic acids is 1. The fraction of sp³-hybridized carbons (Fsp3) is 0.320. The third kappa shape index (κ3) is 6.41. The van der Waals surface area contributed by atoms with Gasteiger partial charge in [-0.15, -0.1) is 0 Å². The van der Waals surface area contributed by atoms with Crippen molar-refractivity contribution in [2.75, 3.05) is 49.7 Å². The monoisotopic (exact) mass is 499 g/mol. The second-order valence-electron chi connectivity index (χ2n) is 7.95. The molecule has 3 aromatic rings. The maximum Gasteiger partial charge on any atom is 0.243 e. The van der Waals surface area contributed by atoms with E-state index in [2.05, 4.69) is 10.2 Å². The van der Waals surface area contributed by atoms with Crippen molar-refractivity contribution in [1.29, 1.82) is 0 Å². The van der Waals surface area contributed by atoms with Crippen LogP contribution >= 0.6 is 0 Å². The quantitative estimate of drug-likeness (QED) is 0.457. The van der Waals surface area contributed by atoms with Gasteiger partial charge in [0, 0.05) is 24.5 Å². The molecule has 2 aromatic carbocycles. The van der Waals surface area contributed by atoms with Crippen LogP contribution in [0.2, 0.25) is 0 Å². The number of ether oxygens (including phenoxy) is 2. The molecule has 35 heavy (non-hydrogen) atoms. The molecule has 9 nitrogen and oxygen atoms in total. The van der Waals surface area contributed by atoms with Gasteiger partial charge in [-0.2, -0.15) is 4.31 Å². The second kappa shape index (κ2) is 11.4. The third-order valence-corrected chi connectivity index (χ3v) is 7.34. The first-order valence-corrected chi connectivity index (χ1v) is 12.9. The molecule has 1 fully saturated rings. The van der Waals surface area contributed by atoms with Gasteiger partial charge < -0.3 is 24.1 Å². The van der Waals surface area contributed by atoms with E-state index >= 15 is 0 Å². The van der Waals surface area contributed by atoms with Crippen molar-refractivity contribution in [3.63, 3.8) is 0 Å². The predicted molar refractivity (Wildman–Crippen MR) is 132 cm³/mol. The number of benzene rings is 2. The minimum Gasteiger partial charge on any atom is -0.494 e. The zero-order valence-corrected chi connectivity index (χ0v) is 20.4. The highest BCUT2D eigenvalue weighted by Gasteiger charge is 2.28. The van der Waals surface area contributed by atoms with Gasteiger partial charge in [-0.1, -0.05) is 0 Å². The van der Waals surface area contributed by atoms with Gasteiger partial charge in [0.15, 0.2) is 0 Å². The molecule has 1 aliphatic rings. The average molecular weight is 500 g/mol. The Hall–Kier alpha value is -3.34. The SMILES string of the molecule is CCOc1ccc(S(=O)(=O)N(CC(=O)Nc2ccc(N3CCOCC3)cc2)Cc2ccco2)cc1. The summed E-state index contributed by atoms with van der Waals surface area (Å²) in [6, 6.07) is 16.9. The standard InChI is InChI=1S/C25H29N3O6S/c1-2-33-22-9-11-24(12-10-22)35(30,31)28(18-23-4-3-15-34-23)19-25(29)26-20-5-7-21(8-6-20)27-13-16-32-17-14-27/h3-12,15H,2,13-14,16-19H2,1H3,(H,26,29). The number of furan rings is 1. The maximum absolute atomic E-state index is 13.4. The average Bonchev–Trinajstić information content (AvgIpc) is 3.38. The summed E-state index contributed by atoms with van der Waals surface area (Å²) in [5.74, 6) is 0.551. The van der Waals surface area contributed by atoms with Crippen LogP contribution in [0.15, 0.2) is 76.2 Å². The molecule has 1 saturated heterocycles. The normalized spacial score (nSPS) is 14.2. The molecule has 0 bridgehead atoms. The maximum atomic E-state index is 13.4. The smallest absolute Gasteiger partial charge is 0.243 e. The third-order valence-electron chi connectivity index (χ3n) is 5.53. The van der Waals surface area contributed by atoms with Crippen LogP contribution in [-0.2, 0) is 26.1 Å². The molecule has 1 aromatic heterocycles. The molecule has 1 N–H and O–H groups in total. The minimum atomic E-state index is -3.98. The summed E-state index contributed by atoms with van der Waals surface area (Å²) < 4.78 is 44.0. The lowest BCUT2D eigenvalue weighted by Crippen LogP contribution is -2.37. The molecule has 0 radical (unpaired) electrons. The number of hydrogen-bond acceptors (Lipinski definition) is 7. The lowest BCUT2D eigenvalue weighted by Gasteiger charge is -2.29. The molecule has 186 valence electrons. The van der Waals surface area contributed by atoms with Crippen LogP contribution in [0, 0.1) is 0 Å². The highest BCUT2D eigenvalue weighted by atomic mass is 32.2. The topological polar surface area (TPSA) is 101 Å². The zero-order valence-electron chi connectivity index (χ0n) is 19.6. The van der Waals surface area contributed by atoms with Crippen LogP contribution in [0.5, 0.6) is 5.75 Å². The largest absolute Gasteiger partial charge is 0.494 e. The summed E-state index contributed by atoms with van der Waals surface area (Å²) in [5.41, 5.74) is 1.63. The van der Waals surface area contributed by atoms with E-state index in [1.54, 1.807) is 36.4 Å². The second-order valence-corrected chi connectivity index (χ2v) is 9.89. The Morgan fingerprint density at radius 3 is 2.40 bits per heavy atom. The first kappa shape index (κ1) is 24.8. The number of carbonyl (C=O) groups is 1. The minimum absolute atomic E-state index is 0.0650. The van der Waals surface area contributed by atoms with Crippen molar-refractivity contribution >= 4 is 27.3 Å². The van der Waals surface area contributed by atoms with Crippen LogP contribution in [0.3, 0.4) is 0 Å². The van der Waals surface area contributed by atoms with E-state index in [1.165, 1.54) is 18.4 Å². The van der Waals surface area contributed by atoms with Crippen molar-refractivity contribution in [3.8, 4) is 5.75 Å². The van der Waals surface area contributed by atoms with E-state index in [4.69, 9.17) is 13.9 Å². The van der Waals surface area contributed by atoms with Gasteiger partial charge in [-0.05, 0) is 67.6 Å². The number of morpholine rings is 1. The lowest BCUT2D eigenvalue weighted by atomic mass is 10.2. The fourth-order valence-electron chi connectivity index (χ4n) is 3.76. The van der Waals surface area contributed by atoms with Gasteiger partial charge in [-0.25, -0.2) is 8.42 Å². The van der Waals surface area contributed by atoms with Gasteiger partial charge in [0.2, 0.25) is 15.9 Å². The molecule has 0 spiro atoms. The van der Waals surface area contributed by atoms with Crippen molar-refractivity contribution < 1.29 is 27.1 Å². The highest BCUT2D eigenvalue weighted by molar-refractivity contribution is 7.89. The molecule has 0 unspecified atom stereocenters. The van der Waals surface area contributed by atoms with E-state index in [9.17, 15) is 13.2 Å². The van der Waals surface area contributed by atoms with Gasteiger partial charge in [0.1, 0.15) is 11.5 Å². The predicted octanol–water partition coefficient (Wildman–Crippen LogP) is 3.34. The van der Waals surface area contributed by atoms with Crippen LogP contribution < -0.4 is 15.0 Å². The number of nitrogens with zero attached hydrogens (tertiary/aromatic N) is 2. The number of hydrogen-bond donors (Lipinski definition) is 1. The molecule has 0 aliphatic carbocycles. The van der Waals surface area contributed by atoms with E-state index in [1.807, 2.05) is 19.1 Å². The summed E-state index contributed by atoms with van der Waals surface area (Å²) >= 11 is 0. The Labute approximate surface area is 205 Å². The zero-order chi connectivity index (χ0) is 24.7. The summed E-state index contributed by atoms with van der Waals surface area (Å²) in [5, 5.41) is 2.79. The number of amides is 1. The van der Waals surface area contributed by atoms with E-state index in [0.29, 0.717) is 37.0 Å². The number of nitrogens with one attached hydrogen (secondary N) is 1. The first-order valence-electron chi connectivity index (χ1n) is 11.4. The Morgan fingerprint density at radius 1 is 1.06 bits per heavy atom. The number of rotatable bonds is 10. The van der Waals surface area contributed by atoms with E-state index in [0.717, 1.165) is 23.1 Å². The molecule has 0 atom stereocenters. The van der Waals surface area contributed by atoms with Crippen LogP contribution in [0.25, 0.3) is 0 Å². The summed E-state index contributed by atoms with van der Waals surface area (Å²) in [6.07, 6.45) is 1.47. The van der Waals surface area contributed by atoms with Crippen molar-refractivity contribution in [2.24, 2.45) is 0 Å². The van der Waals surface area contributed by atoms with Crippen LogP contribution in [-0.4, -0.2) is 58.1 Å². The summed E-state index contributed by atoms with van der Waals surface area (Å²) in [4.78, 5) is 15.1. The summed E-state index contributed by atoms with van der Waals surface area (Å²) in [6.45, 7) is 4.88. The molecule has 1 aliphatic heterocycles. The van der Waals surface area contributed by atoms with Crippen molar-refractivity contribution in [1.82, 2.24) is 4.31 Å². The van der Waals surface area contributed by atoms with Gasteiger partial charge >= 0.3 is 0 Å². The summed E-state index contributed by atoms with van der Waals surface area (Å²) in [7, 11) is -3.98. The van der Waals surface area contributed by atoms with E-state index in [-0.39, 0.29) is 18.0 Å². The van der Waals surface area contributed by atoms with Crippen LogP contribution in [0.1, 0.15) is 12.7 Å². The Kier molecular flexibility index (Phi) is 8.06. The van der Waals surface area contributed by atoms with Crippen molar-refractivity contribution in [3.05, 3.63) is 72.7 Å². The van der Waals surface area contributed by atoms with Gasteiger partial charge in [0.25, 0.3) is 0 Å². The molecule has 10 heteroatoms. The van der Waals surface area contributed by atoms with E-state index < -0.39 is 15.9 Å². The fourth-order valence-corrected chi connectivity index (χ4v) is 5.13. The molecule has 1 amide bonds. The van der Waals surface area contributed by atoms with Gasteiger partial charge in [0.05, 0.1) is 44.1 Å². The Balaban J connectivity index is 1.47. The highest BCUT2D eigenvalue weighted by Crippen LogP contribution is 2.23. The molecule has 2 heterocycles. The molecule has 4 rings (SSSR count). The van der Waals surface area contributed by atoms with Crippen LogP contribution in [0.4, 0.5) is 11.4 Å². The molecule has 0 saturated carbocycles. The Bertz CT molecular complexity index is 1190. The Morgan fingerprint density at radius 2 is 1.77 bits per heavy atom. The number of anilines is 2.